The van der Waals surface area contributed by atoms with Gasteiger partial charge in [0, 0.05) is 6.61 Å². The van der Waals surface area contributed by atoms with Crippen molar-refractivity contribution in [2.24, 2.45) is 5.92 Å². The number of esters is 1. The van der Waals surface area contributed by atoms with Crippen LogP contribution in [0.15, 0.2) is 30.3 Å². The summed E-state index contributed by atoms with van der Waals surface area (Å²) in [5, 5.41) is 10.4. The number of hydrogen-bond donors (Lipinski definition) is 1. The van der Waals surface area contributed by atoms with Crippen LogP contribution >= 0.6 is 0 Å². The summed E-state index contributed by atoms with van der Waals surface area (Å²) in [6.07, 6.45) is 8.04. The van der Waals surface area contributed by atoms with Crippen LogP contribution in [0.25, 0.3) is 0 Å². The molecule has 0 bridgehead atoms. The fourth-order valence-electron chi connectivity index (χ4n) is 3.11. The van der Waals surface area contributed by atoms with E-state index in [1.165, 1.54) is 19.1 Å². The lowest BCUT2D eigenvalue weighted by Crippen LogP contribution is -2.29. The first-order valence-corrected chi connectivity index (χ1v) is 10.1. The number of aliphatic hydroxyl groups excluding tert-OH is 1. The summed E-state index contributed by atoms with van der Waals surface area (Å²) in [7, 11) is 1.40. The van der Waals surface area contributed by atoms with E-state index in [1.54, 1.807) is 0 Å². The molecule has 1 aromatic rings. The number of benzene rings is 1. The zero-order valence-electron chi connectivity index (χ0n) is 16.5. The third-order valence-electron chi connectivity index (χ3n) is 4.74. The highest BCUT2D eigenvalue weighted by Gasteiger charge is 2.26. The van der Waals surface area contributed by atoms with Crippen molar-refractivity contribution in [1.29, 1.82) is 0 Å². The van der Waals surface area contributed by atoms with Crippen LogP contribution in [0.2, 0.25) is 0 Å². The molecular formula is C22H36O4. The number of ether oxygens (including phenoxy) is 2. The van der Waals surface area contributed by atoms with E-state index < -0.39 is 6.10 Å². The molecule has 4 heteroatoms. The Bertz CT molecular complexity index is 460. The van der Waals surface area contributed by atoms with E-state index in [0.29, 0.717) is 19.4 Å². The summed E-state index contributed by atoms with van der Waals surface area (Å²) in [5.74, 6) is -0.661. The molecule has 1 rings (SSSR count). The number of unbranched alkanes of at least 4 members (excludes halogenated alkanes) is 5. The fourth-order valence-corrected chi connectivity index (χ4v) is 3.11. The molecule has 0 aliphatic rings. The van der Waals surface area contributed by atoms with E-state index in [1.807, 2.05) is 18.2 Å². The summed E-state index contributed by atoms with van der Waals surface area (Å²) in [5.41, 5.74) is 1.19. The third kappa shape index (κ3) is 9.93. The molecule has 0 radical (unpaired) electrons. The number of carbonyl (C=O) groups excluding carboxylic acids is 1. The maximum atomic E-state index is 11.9. The van der Waals surface area contributed by atoms with E-state index in [0.717, 1.165) is 45.1 Å². The second kappa shape index (κ2) is 14.7. The van der Waals surface area contributed by atoms with Crippen molar-refractivity contribution in [2.75, 3.05) is 13.7 Å². The summed E-state index contributed by atoms with van der Waals surface area (Å²) < 4.78 is 10.5. The Hall–Kier alpha value is -1.39. The highest BCUT2D eigenvalue weighted by molar-refractivity contribution is 5.72. The molecule has 0 saturated heterocycles. The topological polar surface area (TPSA) is 55.8 Å². The lowest BCUT2D eigenvalue weighted by molar-refractivity contribution is -0.150. The molecule has 0 heterocycles. The Morgan fingerprint density at radius 2 is 1.69 bits per heavy atom. The average molecular weight is 365 g/mol. The Kier molecular flexibility index (Phi) is 12.8. The second-order valence-corrected chi connectivity index (χ2v) is 6.93. The normalized spacial score (nSPS) is 13.3. The van der Waals surface area contributed by atoms with Crippen molar-refractivity contribution in [3.05, 3.63) is 35.9 Å². The molecule has 2 atom stereocenters. The summed E-state index contributed by atoms with van der Waals surface area (Å²) in [6.45, 7) is 3.53. The van der Waals surface area contributed by atoms with E-state index >= 15 is 0 Å². The average Bonchev–Trinajstić information content (AvgIpc) is 2.67. The Morgan fingerprint density at radius 1 is 1.00 bits per heavy atom. The molecule has 1 aromatic carbocycles. The van der Waals surface area contributed by atoms with Gasteiger partial charge in [0.25, 0.3) is 0 Å². The first-order valence-electron chi connectivity index (χ1n) is 10.1. The molecule has 0 amide bonds. The van der Waals surface area contributed by atoms with E-state index in [-0.39, 0.29) is 11.9 Å². The maximum Gasteiger partial charge on any atom is 0.311 e. The predicted octanol–water partition coefficient (Wildman–Crippen LogP) is 4.88. The van der Waals surface area contributed by atoms with Gasteiger partial charge in [-0.15, -0.1) is 0 Å². The minimum absolute atomic E-state index is 0.278. The number of methoxy groups -OCH3 is 1. The third-order valence-corrected chi connectivity index (χ3v) is 4.74. The molecule has 0 unspecified atom stereocenters. The number of hydrogen-bond acceptors (Lipinski definition) is 4. The Balaban J connectivity index is 2.14. The second-order valence-electron chi connectivity index (χ2n) is 6.93. The van der Waals surface area contributed by atoms with E-state index in [9.17, 15) is 9.90 Å². The maximum absolute atomic E-state index is 11.9. The molecule has 0 aliphatic carbocycles. The van der Waals surface area contributed by atoms with Gasteiger partial charge in [0.15, 0.2) is 0 Å². The van der Waals surface area contributed by atoms with Crippen molar-refractivity contribution in [1.82, 2.24) is 0 Å². The summed E-state index contributed by atoms with van der Waals surface area (Å²) in [4.78, 5) is 11.9. The van der Waals surface area contributed by atoms with Crippen LogP contribution in [0, 0.1) is 5.92 Å². The van der Waals surface area contributed by atoms with Crippen LogP contribution < -0.4 is 0 Å². The lowest BCUT2D eigenvalue weighted by Gasteiger charge is -2.20. The fraction of sp³-hybridized carbons (Fsp3) is 0.682. The van der Waals surface area contributed by atoms with Crippen LogP contribution in [-0.2, 0) is 20.9 Å². The van der Waals surface area contributed by atoms with Crippen LogP contribution in [0.5, 0.6) is 0 Å². The van der Waals surface area contributed by atoms with Crippen LogP contribution in [0.4, 0.5) is 0 Å². The van der Waals surface area contributed by atoms with Crippen LogP contribution in [0.3, 0.4) is 0 Å². The quantitative estimate of drug-likeness (QED) is 0.356. The van der Waals surface area contributed by atoms with Crippen molar-refractivity contribution in [3.8, 4) is 0 Å². The monoisotopic (exact) mass is 364 g/mol. The van der Waals surface area contributed by atoms with Gasteiger partial charge in [-0.3, -0.25) is 4.79 Å². The molecule has 0 aromatic heterocycles. The van der Waals surface area contributed by atoms with Crippen molar-refractivity contribution in [3.63, 3.8) is 0 Å². The highest BCUT2D eigenvalue weighted by Crippen LogP contribution is 2.20. The van der Waals surface area contributed by atoms with Crippen molar-refractivity contribution >= 4 is 5.97 Å². The largest absolute Gasteiger partial charge is 0.469 e. The minimum Gasteiger partial charge on any atom is -0.469 e. The number of carbonyl (C=O) groups is 1. The zero-order chi connectivity index (χ0) is 19.0. The first-order chi connectivity index (χ1) is 12.7. The van der Waals surface area contributed by atoms with Crippen LogP contribution in [-0.4, -0.2) is 30.9 Å². The lowest BCUT2D eigenvalue weighted by atomic mass is 9.92. The van der Waals surface area contributed by atoms with Gasteiger partial charge in [0.1, 0.15) is 0 Å². The summed E-state index contributed by atoms with van der Waals surface area (Å²) >= 11 is 0. The van der Waals surface area contributed by atoms with Gasteiger partial charge in [-0.2, -0.15) is 0 Å². The molecule has 0 aliphatic heterocycles. The highest BCUT2D eigenvalue weighted by atomic mass is 16.5. The van der Waals surface area contributed by atoms with Gasteiger partial charge in [-0.25, -0.2) is 0 Å². The predicted molar refractivity (Wildman–Crippen MR) is 105 cm³/mol. The molecule has 1 N–H and O–H groups in total. The van der Waals surface area contributed by atoms with Gasteiger partial charge in [0.05, 0.1) is 25.7 Å². The van der Waals surface area contributed by atoms with Crippen LogP contribution in [0.1, 0.15) is 70.3 Å². The molecule has 148 valence electrons. The SMILES string of the molecule is CCCCCC[C@H](C(=O)OC)[C@@H](O)CCCCCOCc1ccccc1. The number of aliphatic hydroxyl groups is 1. The number of rotatable bonds is 15. The van der Waals surface area contributed by atoms with Gasteiger partial charge >= 0.3 is 5.97 Å². The standard InChI is InChI=1S/C22H36O4/c1-3-4-5-10-15-20(22(24)25-2)21(23)16-11-7-12-17-26-18-19-13-8-6-9-14-19/h6,8-9,13-14,20-21,23H,3-5,7,10-12,15-18H2,1-2H3/t20-,21-/m0/s1. The van der Waals surface area contributed by atoms with Gasteiger partial charge < -0.3 is 14.6 Å². The molecule has 0 saturated carbocycles. The zero-order valence-corrected chi connectivity index (χ0v) is 16.5. The molecular weight excluding hydrogens is 328 g/mol. The Morgan fingerprint density at radius 3 is 2.38 bits per heavy atom. The van der Waals surface area contributed by atoms with Crippen molar-refractivity contribution < 1.29 is 19.4 Å². The van der Waals surface area contributed by atoms with Gasteiger partial charge in [-0.1, -0.05) is 75.8 Å². The smallest absolute Gasteiger partial charge is 0.311 e. The van der Waals surface area contributed by atoms with Crippen molar-refractivity contribution in [2.45, 2.75) is 77.4 Å². The minimum atomic E-state index is -0.602. The Labute approximate surface area is 158 Å². The first kappa shape index (κ1) is 22.7. The molecule has 0 fully saturated rings. The van der Waals surface area contributed by atoms with E-state index in [2.05, 4.69) is 19.1 Å². The van der Waals surface area contributed by atoms with Gasteiger partial charge in [-0.05, 0) is 24.8 Å². The van der Waals surface area contributed by atoms with E-state index in [4.69, 9.17) is 9.47 Å². The van der Waals surface area contributed by atoms with Gasteiger partial charge in [0.2, 0.25) is 0 Å². The molecule has 0 spiro atoms. The molecule has 26 heavy (non-hydrogen) atoms. The summed E-state index contributed by atoms with van der Waals surface area (Å²) in [6, 6.07) is 10.1. The molecule has 4 nitrogen and oxygen atoms in total.